The quantitative estimate of drug-likeness (QED) is 0.631. The predicted octanol–water partition coefficient (Wildman–Crippen LogP) is 4.25. The molecule has 0 aliphatic carbocycles. The average Bonchev–Trinajstić information content (AvgIpc) is 3.18. The Hall–Kier alpha value is -3.06. The molecule has 0 spiro atoms. The summed E-state index contributed by atoms with van der Waals surface area (Å²) in [5.74, 6) is -1.01. The van der Waals surface area contributed by atoms with Crippen LogP contribution in [0, 0.1) is 13.8 Å². The van der Waals surface area contributed by atoms with Crippen molar-refractivity contribution < 1.29 is 14.3 Å². The number of carbonyl (C=O) groups is 2. The van der Waals surface area contributed by atoms with Gasteiger partial charge in [0.1, 0.15) is 0 Å². The molecule has 0 bridgehead atoms. The molecule has 1 N–H and O–H groups in total. The Morgan fingerprint density at radius 2 is 1.89 bits per heavy atom. The van der Waals surface area contributed by atoms with E-state index in [9.17, 15) is 9.59 Å². The maximum atomic E-state index is 13.0. The van der Waals surface area contributed by atoms with E-state index in [1.54, 1.807) is 24.3 Å². The van der Waals surface area contributed by atoms with Crippen LogP contribution in [0.3, 0.4) is 0 Å². The Balaban J connectivity index is 1.88. The van der Waals surface area contributed by atoms with Gasteiger partial charge in [-0.25, -0.2) is 4.79 Å². The third kappa shape index (κ3) is 4.43. The molecule has 1 amide bonds. The molecule has 0 saturated carbocycles. The third-order valence-corrected chi connectivity index (χ3v) is 5.04. The highest BCUT2D eigenvalue weighted by molar-refractivity contribution is 7.07. The van der Waals surface area contributed by atoms with E-state index >= 15 is 0 Å². The number of carbonyl (C=O) groups excluding carboxylic acids is 2. The highest BCUT2D eigenvalue weighted by atomic mass is 32.1. The standard InChI is InChI=1S/C21H21N3O3S/c1-4-16-19(28-24-23-16)21(26)27-18(15-8-6-5-7-9-15)20(25)22-17-12-13(2)10-11-14(17)3/h5-12,18H,4H2,1-3H3,(H,22,25)/t18-/m0/s1. The fourth-order valence-electron chi connectivity index (χ4n) is 2.73. The van der Waals surface area contributed by atoms with Crippen molar-refractivity contribution in [3.63, 3.8) is 0 Å². The summed E-state index contributed by atoms with van der Waals surface area (Å²) in [6.07, 6.45) is -0.522. The van der Waals surface area contributed by atoms with Crippen molar-refractivity contribution in [3.8, 4) is 0 Å². The Labute approximate surface area is 167 Å². The minimum atomic E-state index is -1.08. The van der Waals surface area contributed by atoms with Gasteiger partial charge in [0.2, 0.25) is 6.10 Å². The first-order valence-corrected chi connectivity index (χ1v) is 9.72. The van der Waals surface area contributed by atoms with Crippen LogP contribution in [0.25, 0.3) is 0 Å². The molecule has 1 atom stereocenters. The Morgan fingerprint density at radius 3 is 2.61 bits per heavy atom. The number of amides is 1. The molecule has 1 aromatic heterocycles. The van der Waals surface area contributed by atoms with E-state index in [4.69, 9.17) is 4.74 Å². The number of aromatic nitrogens is 2. The van der Waals surface area contributed by atoms with Crippen LogP contribution in [0.15, 0.2) is 48.5 Å². The van der Waals surface area contributed by atoms with Crippen molar-refractivity contribution in [3.05, 3.63) is 75.8 Å². The Kier molecular flexibility index (Phi) is 6.16. The molecule has 3 rings (SSSR count). The van der Waals surface area contributed by atoms with Crippen LogP contribution in [0.1, 0.15) is 45.1 Å². The molecule has 144 valence electrons. The van der Waals surface area contributed by atoms with Gasteiger partial charge in [0.05, 0.1) is 5.69 Å². The lowest BCUT2D eigenvalue weighted by Gasteiger charge is -2.19. The zero-order valence-electron chi connectivity index (χ0n) is 15.9. The second-order valence-corrected chi connectivity index (χ2v) is 7.16. The van der Waals surface area contributed by atoms with Crippen LogP contribution >= 0.6 is 11.5 Å². The molecule has 0 aliphatic rings. The first-order chi connectivity index (χ1) is 13.5. The van der Waals surface area contributed by atoms with Crippen LogP contribution in [0.2, 0.25) is 0 Å². The van der Waals surface area contributed by atoms with Gasteiger partial charge in [0.25, 0.3) is 5.91 Å². The van der Waals surface area contributed by atoms with Gasteiger partial charge in [-0.3, -0.25) is 4.79 Å². The molecule has 0 saturated heterocycles. The Morgan fingerprint density at radius 1 is 1.14 bits per heavy atom. The van der Waals surface area contributed by atoms with Crippen molar-refractivity contribution in [1.82, 2.24) is 9.59 Å². The predicted molar refractivity (Wildman–Crippen MR) is 108 cm³/mol. The number of aryl methyl sites for hydroxylation is 3. The van der Waals surface area contributed by atoms with Crippen LogP contribution in [0.4, 0.5) is 5.69 Å². The maximum absolute atomic E-state index is 13.0. The molecule has 2 aromatic carbocycles. The smallest absolute Gasteiger partial charge is 0.353 e. The molecular formula is C21H21N3O3S. The molecule has 6 nitrogen and oxygen atoms in total. The number of hydrogen-bond acceptors (Lipinski definition) is 6. The van der Waals surface area contributed by atoms with Gasteiger partial charge < -0.3 is 10.1 Å². The molecule has 1 heterocycles. The second-order valence-electron chi connectivity index (χ2n) is 6.41. The minimum Gasteiger partial charge on any atom is -0.443 e. The van der Waals surface area contributed by atoms with Gasteiger partial charge in [-0.15, -0.1) is 5.10 Å². The molecular weight excluding hydrogens is 374 g/mol. The fourth-order valence-corrected chi connectivity index (χ4v) is 3.36. The van der Waals surface area contributed by atoms with Crippen molar-refractivity contribution in [2.24, 2.45) is 0 Å². The highest BCUT2D eigenvalue weighted by Crippen LogP contribution is 2.25. The number of hydrogen-bond donors (Lipinski definition) is 1. The topological polar surface area (TPSA) is 81.2 Å². The largest absolute Gasteiger partial charge is 0.443 e. The SMILES string of the molecule is CCc1nnsc1C(=O)O[C@H](C(=O)Nc1cc(C)ccc1C)c1ccccc1. The number of ether oxygens (including phenoxy) is 1. The number of anilines is 1. The molecule has 0 unspecified atom stereocenters. The van der Waals surface area contributed by atoms with Gasteiger partial charge in [0, 0.05) is 11.3 Å². The van der Waals surface area contributed by atoms with Crippen molar-refractivity contribution in [2.45, 2.75) is 33.3 Å². The first kappa shape index (κ1) is 19.7. The second kappa shape index (κ2) is 8.75. The zero-order valence-corrected chi connectivity index (χ0v) is 16.7. The molecule has 7 heteroatoms. The number of esters is 1. The summed E-state index contributed by atoms with van der Waals surface area (Å²) in [7, 11) is 0. The summed E-state index contributed by atoms with van der Waals surface area (Å²) in [4.78, 5) is 26.0. The Bertz CT molecular complexity index is 986. The zero-order chi connectivity index (χ0) is 20.1. The lowest BCUT2D eigenvalue weighted by atomic mass is 10.1. The van der Waals surface area contributed by atoms with E-state index in [1.165, 1.54) is 0 Å². The van der Waals surface area contributed by atoms with E-state index in [-0.39, 0.29) is 0 Å². The highest BCUT2D eigenvalue weighted by Gasteiger charge is 2.28. The van der Waals surface area contributed by atoms with Crippen LogP contribution < -0.4 is 5.32 Å². The summed E-state index contributed by atoms with van der Waals surface area (Å²) in [6, 6.07) is 14.7. The lowest BCUT2D eigenvalue weighted by molar-refractivity contribution is -0.125. The molecule has 0 aliphatic heterocycles. The summed E-state index contributed by atoms with van der Waals surface area (Å²) >= 11 is 0.972. The fraction of sp³-hybridized carbons (Fsp3) is 0.238. The normalized spacial score (nSPS) is 11.7. The van der Waals surface area contributed by atoms with Crippen molar-refractivity contribution in [2.75, 3.05) is 5.32 Å². The third-order valence-electron chi connectivity index (χ3n) is 4.29. The molecule has 3 aromatic rings. The van der Waals surface area contributed by atoms with Gasteiger partial charge in [-0.1, -0.05) is 53.9 Å². The first-order valence-electron chi connectivity index (χ1n) is 8.95. The van der Waals surface area contributed by atoms with Crippen LogP contribution in [-0.4, -0.2) is 21.5 Å². The summed E-state index contributed by atoms with van der Waals surface area (Å²) in [5, 5.41) is 6.82. The monoisotopic (exact) mass is 395 g/mol. The van der Waals surface area contributed by atoms with Crippen molar-refractivity contribution in [1.29, 1.82) is 0 Å². The number of nitrogens with zero attached hydrogens (tertiary/aromatic N) is 2. The van der Waals surface area contributed by atoms with Gasteiger partial charge in [-0.2, -0.15) is 0 Å². The van der Waals surface area contributed by atoms with E-state index in [0.29, 0.717) is 28.2 Å². The number of benzene rings is 2. The van der Waals surface area contributed by atoms with E-state index < -0.39 is 18.0 Å². The minimum absolute atomic E-state index is 0.322. The van der Waals surface area contributed by atoms with Gasteiger partial charge >= 0.3 is 5.97 Å². The summed E-state index contributed by atoms with van der Waals surface area (Å²) in [5.41, 5.74) is 3.80. The maximum Gasteiger partial charge on any atom is 0.353 e. The van der Waals surface area contributed by atoms with E-state index in [1.807, 2.05) is 45.0 Å². The summed E-state index contributed by atoms with van der Waals surface area (Å²) in [6.45, 7) is 5.75. The lowest BCUT2D eigenvalue weighted by Crippen LogP contribution is -2.26. The number of nitrogens with one attached hydrogen (secondary N) is 1. The van der Waals surface area contributed by atoms with Crippen LogP contribution in [0.5, 0.6) is 0 Å². The van der Waals surface area contributed by atoms with Crippen molar-refractivity contribution >= 4 is 29.1 Å². The number of rotatable bonds is 6. The van der Waals surface area contributed by atoms with E-state index in [2.05, 4.69) is 14.9 Å². The summed E-state index contributed by atoms with van der Waals surface area (Å²) < 4.78 is 9.43. The molecule has 28 heavy (non-hydrogen) atoms. The molecule has 0 fully saturated rings. The average molecular weight is 395 g/mol. The van der Waals surface area contributed by atoms with Gasteiger partial charge in [-0.05, 0) is 49.0 Å². The van der Waals surface area contributed by atoms with Crippen LogP contribution in [-0.2, 0) is 16.0 Å². The molecule has 0 radical (unpaired) electrons. The van der Waals surface area contributed by atoms with E-state index in [0.717, 1.165) is 22.7 Å². The van der Waals surface area contributed by atoms with Gasteiger partial charge in [0.15, 0.2) is 4.88 Å².